The Labute approximate surface area is 185 Å². The number of anilines is 2. The van der Waals surface area contributed by atoms with Crippen LogP contribution in [-0.4, -0.2) is 45.2 Å². The monoisotopic (exact) mass is 438 g/mol. The molecular weight excluding hydrogens is 416 g/mol. The lowest BCUT2D eigenvalue weighted by molar-refractivity contribution is -0.115. The van der Waals surface area contributed by atoms with E-state index in [1.807, 2.05) is 37.4 Å². The molecule has 160 valence electrons. The Hall–Kier alpha value is -3.23. The number of aliphatic hydroxyl groups excluding tert-OH is 1. The molecule has 0 fully saturated rings. The minimum absolute atomic E-state index is 0.122. The lowest BCUT2D eigenvalue weighted by atomic mass is 10.0. The lowest BCUT2D eigenvalue weighted by Gasteiger charge is -2.25. The van der Waals surface area contributed by atoms with Crippen molar-refractivity contribution in [1.82, 2.24) is 15.4 Å². The molecule has 0 radical (unpaired) electrons. The fourth-order valence-electron chi connectivity index (χ4n) is 3.43. The predicted molar refractivity (Wildman–Crippen MR) is 122 cm³/mol. The largest absolute Gasteiger partial charge is 0.390 e. The van der Waals surface area contributed by atoms with Crippen LogP contribution >= 0.6 is 11.6 Å². The second-order valence-electron chi connectivity index (χ2n) is 7.67. The zero-order valence-electron chi connectivity index (χ0n) is 17.5. The van der Waals surface area contributed by atoms with E-state index in [4.69, 9.17) is 16.6 Å². The summed E-state index contributed by atoms with van der Waals surface area (Å²) in [6.45, 7) is 3.93. The van der Waals surface area contributed by atoms with Gasteiger partial charge in [0, 0.05) is 18.7 Å². The Morgan fingerprint density at radius 1 is 1.19 bits per heavy atom. The number of carbonyl (C=O) groups is 1. The van der Waals surface area contributed by atoms with Crippen molar-refractivity contribution < 1.29 is 9.90 Å². The molecule has 0 unspecified atom stereocenters. The van der Waals surface area contributed by atoms with Crippen molar-refractivity contribution in [1.29, 1.82) is 0 Å². The Morgan fingerprint density at radius 3 is 2.71 bits per heavy atom. The maximum atomic E-state index is 12.6. The summed E-state index contributed by atoms with van der Waals surface area (Å²) < 4.78 is 0. The van der Waals surface area contributed by atoms with Crippen molar-refractivity contribution >= 4 is 40.3 Å². The minimum atomic E-state index is -0.223. The number of aliphatic hydroxyl groups is 1. The number of aromatic amines is 1. The molecule has 1 aliphatic rings. The van der Waals surface area contributed by atoms with Crippen LogP contribution in [0.4, 0.5) is 17.1 Å². The topological polar surface area (TPSA) is 106 Å². The molecule has 4 rings (SSSR count). The number of aromatic nitrogens is 3. The summed E-state index contributed by atoms with van der Waals surface area (Å²) >= 11 is 6.48. The molecule has 0 aliphatic carbocycles. The molecule has 9 heteroatoms. The molecule has 8 nitrogen and oxygen atoms in total. The summed E-state index contributed by atoms with van der Waals surface area (Å²) in [7, 11) is 1.97. The van der Waals surface area contributed by atoms with E-state index in [1.54, 1.807) is 6.07 Å². The third kappa shape index (κ3) is 4.17. The number of nitrogens with one attached hydrogen (secondary N) is 2. The lowest BCUT2D eigenvalue weighted by Crippen LogP contribution is -2.25. The fraction of sp³-hybridized carbons (Fsp3) is 0.273. The van der Waals surface area contributed by atoms with Gasteiger partial charge in [-0.3, -0.25) is 9.79 Å². The second kappa shape index (κ2) is 8.49. The highest BCUT2D eigenvalue weighted by Gasteiger charge is 2.21. The average molecular weight is 439 g/mol. The number of carbonyl (C=O) groups excluding carboxylic acids is 1. The SMILES string of the molecule is CC(C)N(C)c1cc2c(cc1Cl)NC(=O)CC(c1cccc(-c3n[nH]nc3CO)c1)=N2. The first-order valence-electron chi connectivity index (χ1n) is 9.92. The third-order valence-electron chi connectivity index (χ3n) is 5.32. The van der Waals surface area contributed by atoms with Crippen LogP contribution < -0.4 is 10.2 Å². The number of benzene rings is 2. The van der Waals surface area contributed by atoms with Crippen LogP contribution in [0.15, 0.2) is 41.4 Å². The number of amides is 1. The van der Waals surface area contributed by atoms with E-state index in [-0.39, 0.29) is 25.0 Å². The average Bonchev–Trinajstić information content (AvgIpc) is 3.16. The number of hydrogen-bond donors (Lipinski definition) is 3. The maximum Gasteiger partial charge on any atom is 0.230 e. The van der Waals surface area contributed by atoms with Crippen LogP contribution in [0.5, 0.6) is 0 Å². The Kier molecular flexibility index (Phi) is 5.75. The summed E-state index contributed by atoms with van der Waals surface area (Å²) in [5, 5.41) is 23.6. The fourth-order valence-corrected chi connectivity index (χ4v) is 3.73. The van der Waals surface area contributed by atoms with Gasteiger partial charge < -0.3 is 15.3 Å². The van der Waals surface area contributed by atoms with Crippen LogP contribution in [0.1, 0.15) is 31.5 Å². The maximum absolute atomic E-state index is 12.6. The first-order chi connectivity index (χ1) is 14.9. The number of H-pyrrole nitrogens is 1. The Bertz CT molecular complexity index is 1170. The van der Waals surface area contributed by atoms with Crippen molar-refractivity contribution in [3.63, 3.8) is 0 Å². The van der Waals surface area contributed by atoms with Crippen LogP contribution in [0.2, 0.25) is 5.02 Å². The molecular formula is C22H23ClN6O2. The molecule has 0 saturated carbocycles. The number of rotatable bonds is 5. The van der Waals surface area contributed by atoms with Crippen molar-refractivity contribution in [2.45, 2.75) is 32.9 Å². The van der Waals surface area contributed by atoms with Crippen LogP contribution in [0, 0.1) is 0 Å². The summed E-state index contributed by atoms with van der Waals surface area (Å²) in [4.78, 5) is 19.5. The van der Waals surface area contributed by atoms with E-state index < -0.39 is 0 Å². The third-order valence-corrected chi connectivity index (χ3v) is 5.62. The molecule has 0 atom stereocenters. The number of hydrogen-bond acceptors (Lipinski definition) is 6. The molecule has 2 aromatic carbocycles. The molecule has 0 bridgehead atoms. The number of fused-ring (bicyclic) bond motifs is 1. The van der Waals surface area contributed by atoms with Gasteiger partial charge in [-0.25, -0.2) is 0 Å². The molecule has 3 N–H and O–H groups in total. The first-order valence-corrected chi connectivity index (χ1v) is 10.3. The van der Waals surface area contributed by atoms with Crippen LogP contribution in [0.3, 0.4) is 0 Å². The van der Waals surface area contributed by atoms with E-state index in [9.17, 15) is 9.90 Å². The van der Waals surface area contributed by atoms with Gasteiger partial charge in [0.05, 0.1) is 40.8 Å². The quantitative estimate of drug-likeness (QED) is 0.559. The van der Waals surface area contributed by atoms with Crippen LogP contribution in [-0.2, 0) is 11.4 Å². The van der Waals surface area contributed by atoms with Gasteiger partial charge in [-0.15, -0.1) is 0 Å². The van der Waals surface area contributed by atoms with Gasteiger partial charge in [0.2, 0.25) is 5.91 Å². The normalized spacial score (nSPS) is 13.5. The van der Waals surface area contributed by atoms with Crippen molar-refractivity contribution in [2.24, 2.45) is 4.99 Å². The Morgan fingerprint density at radius 2 is 1.97 bits per heavy atom. The summed E-state index contributed by atoms with van der Waals surface area (Å²) in [5.41, 5.74) is 5.30. The molecule has 1 aliphatic heterocycles. The summed E-state index contributed by atoms with van der Waals surface area (Å²) in [6.07, 6.45) is 0.122. The molecule has 1 aromatic heterocycles. The van der Waals surface area contributed by atoms with Gasteiger partial charge in [-0.1, -0.05) is 29.8 Å². The second-order valence-corrected chi connectivity index (χ2v) is 8.07. The zero-order chi connectivity index (χ0) is 22.1. The van der Waals surface area contributed by atoms with E-state index in [2.05, 4.69) is 39.5 Å². The molecule has 1 amide bonds. The van der Waals surface area contributed by atoms with Gasteiger partial charge in [-0.2, -0.15) is 15.4 Å². The van der Waals surface area contributed by atoms with E-state index >= 15 is 0 Å². The van der Waals surface area contributed by atoms with Crippen molar-refractivity contribution in [2.75, 3.05) is 17.3 Å². The van der Waals surface area contributed by atoms with Crippen molar-refractivity contribution in [3.8, 4) is 11.3 Å². The van der Waals surface area contributed by atoms with E-state index in [0.717, 1.165) is 16.8 Å². The van der Waals surface area contributed by atoms with E-state index in [0.29, 0.717) is 33.5 Å². The minimum Gasteiger partial charge on any atom is -0.390 e. The highest BCUT2D eigenvalue weighted by atomic mass is 35.5. The summed E-state index contributed by atoms with van der Waals surface area (Å²) in [5.74, 6) is -0.165. The first kappa shape index (κ1) is 21.0. The molecule has 0 saturated heterocycles. The van der Waals surface area contributed by atoms with Gasteiger partial charge in [0.15, 0.2) is 0 Å². The zero-order valence-corrected chi connectivity index (χ0v) is 18.2. The number of halogens is 1. The highest BCUT2D eigenvalue weighted by Crippen LogP contribution is 2.39. The molecule has 2 heterocycles. The van der Waals surface area contributed by atoms with E-state index in [1.165, 1.54) is 0 Å². The Balaban J connectivity index is 1.80. The highest BCUT2D eigenvalue weighted by molar-refractivity contribution is 6.34. The van der Waals surface area contributed by atoms with Crippen molar-refractivity contribution in [3.05, 3.63) is 52.7 Å². The smallest absolute Gasteiger partial charge is 0.230 e. The van der Waals surface area contributed by atoms with Gasteiger partial charge in [0.1, 0.15) is 11.4 Å². The molecule has 0 spiro atoms. The van der Waals surface area contributed by atoms with Gasteiger partial charge in [-0.05, 0) is 37.6 Å². The van der Waals surface area contributed by atoms with Gasteiger partial charge >= 0.3 is 0 Å². The number of aliphatic imine (C=N–C) groups is 1. The predicted octanol–water partition coefficient (Wildman–Crippen LogP) is 3.93. The number of nitrogens with zero attached hydrogens (tertiary/aromatic N) is 4. The summed E-state index contributed by atoms with van der Waals surface area (Å²) in [6, 6.07) is 11.4. The van der Waals surface area contributed by atoms with Crippen LogP contribution in [0.25, 0.3) is 11.3 Å². The molecule has 31 heavy (non-hydrogen) atoms. The van der Waals surface area contributed by atoms with Gasteiger partial charge in [0.25, 0.3) is 0 Å². The standard InChI is InChI=1S/C22H23ClN6O2/c1-12(2)29(3)20-9-18-17(8-15(20)23)25-21(31)10-16(24-18)13-5-4-6-14(7-13)22-19(11-30)26-28-27-22/h4-9,12,30H,10-11H2,1-3H3,(H,25,31)(H,26,27,28). The molecule has 3 aromatic rings.